The lowest BCUT2D eigenvalue weighted by atomic mass is 10.3. The quantitative estimate of drug-likeness (QED) is 0.404. The van der Waals surface area contributed by atoms with Gasteiger partial charge in [0.15, 0.2) is 0 Å². The summed E-state index contributed by atoms with van der Waals surface area (Å²) in [5.74, 6) is 0. The summed E-state index contributed by atoms with van der Waals surface area (Å²) in [7, 11) is 0. The molecule has 0 nitrogen and oxygen atoms in total. The first-order valence-corrected chi connectivity index (χ1v) is 3.03. The number of rotatable bonds is 2. The summed E-state index contributed by atoms with van der Waals surface area (Å²) in [6, 6.07) is 0. The van der Waals surface area contributed by atoms with Crippen LogP contribution in [0.4, 0.5) is 4.39 Å². The molecule has 0 saturated carbocycles. The van der Waals surface area contributed by atoms with E-state index in [1.807, 2.05) is 0 Å². The molecule has 0 amide bonds. The molecule has 0 saturated heterocycles. The van der Waals surface area contributed by atoms with Gasteiger partial charge in [0.1, 0.15) is 6.17 Å². The number of hydrogen-bond acceptors (Lipinski definition) is 0. The zero-order chi connectivity index (χ0) is 6.57. The van der Waals surface area contributed by atoms with Crippen molar-refractivity contribution < 1.29 is 4.39 Å². The van der Waals surface area contributed by atoms with E-state index in [2.05, 4.69) is 0 Å². The van der Waals surface area contributed by atoms with Crippen molar-refractivity contribution in [1.29, 1.82) is 0 Å². The third-order valence-electron chi connectivity index (χ3n) is 0.641. The molecule has 0 aliphatic carbocycles. The largest absolute Gasteiger partial charge is 0.243 e. The van der Waals surface area contributed by atoms with Crippen LogP contribution < -0.4 is 0 Å². The van der Waals surface area contributed by atoms with Gasteiger partial charge in [0.05, 0.1) is 0 Å². The van der Waals surface area contributed by atoms with Crippen molar-refractivity contribution in [2.45, 2.75) is 25.4 Å². The van der Waals surface area contributed by atoms with Crippen LogP contribution >= 0.6 is 11.6 Å². The first-order valence-electron chi connectivity index (χ1n) is 2.59. The molecular weight excluding hydrogens is 127 g/mol. The van der Waals surface area contributed by atoms with E-state index in [9.17, 15) is 4.39 Å². The Bertz CT molecular complexity index is 66.6. The van der Waals surface area contributed by atoms with Gasteiger partial charge in [-0.3, -0.25) is 0 Å². The van der Waals surface area contributed by atoms with E-state index < -0.39 is 6.17 Å². The van der Waals surface area contributed by atoms with Gasteiger partial charge in [-0.1, -0.05) is 12.2 Å². The fraction of sp³-hybridized carbons (Fsp3) is 0.667. The molecule has 48 valence electrons. The molecule has 0 aliphatic rings. The molecule has 0 fully saturated rings. The highest BCUT2D eigenvalue weighted by Gasteiger charge is 1.89. The smallest absolute Gasteiger partial charge is 0.115 e. The Balaban J connectivity index is 3.34. The van der Waals surface area contributed by atoms with E-state index in [4.69, 9.17) is 11.6 Å². The van der Waals surface area contributed by atoms with Crippen molar-refractivity contribution in [2.24, 2.45) is 0 Å². The van der Waals surface area contributed by atoms with Crippen LogP contribution in [0.5, 0.6) is 0 Å². The topological polar surface area (TPSA) is 0 Å². The van der Waals surface area contributed by atoms with Crippen LogP contribution in [0.2, 0.25) is 0 Å². The summed E-state index contributed by atoms with van der Waals surface area (Å²) in [5.41, 5.74) is 0. The van der Waals surface area contributed by atoms with Crippen molar-refractivity contribution in [3.63, 3.8) is 0 Å². The molecule has 0 radical (unpaired) electrons. The minimum Gasteiger partial charge on any atom is -0.243 e. The van der Waals surface area contributed by atoms with Crippen LogP contribution in [0, 0.1) is 0 Å². The van der Waals surface area contributed by atoms with Gasteiger partial charge in [-0.2, -0.15) is 0 Å². The van der Waals surface area contributed by atoms with Crippen molar-refractivity contribution in [3.8, 4) is 0 Å². The van der Waals surface area contributed by atoms with E-state index in [1.165, 1.54) is 13.0 Å². The lowest BCUT2D eigenvalue weighted by molar-refractivity contribution is 0.430. The Kier molecular flexibility index (Phi) is 3.88. The van der Waals surface area contributed by atoms with Gasteiger partial charge in [-0.25, -0.2) is 4.39 Å². The van der Waals surface area contributed by atoms with Crippen LogP contribution in [0.1, 0.15) is 13.8 Å². The zero-order valence-corrected chi connectivity index (χ0v) is 5.82. The standard InChI is InChI=1S/C6H10ClF/c1-5(7)3-4-6(2)8/h3-6H,1-2H3/b4-3-. The molecule has 0 aromatic carbocycles. The van der Waals surface area contributed by atoms with Crippen molar-refractivity contribution in [1.82, 2.24) is 0 Å². The number of allylic oxidation sites excluding steroid dienone is 2. The van der Waals surface area contributed by atoms with Gasteiger partial charge in [-0.15, -0.1) is 11.6 Å². The van der Waals surface area contributed by atoms with Crippen LogP contribution in [0.3, 0.4) is 0 Å². The first kappa shape index (κ1) is 7.96. The Hall–Kier alpha value is -0.0400. The van der Waals surface area contributed by atoms with Crippen molar-refractivity contribution in [3.05, 3.63) is 12.2 Å². The van der Waals surface area contributed by atoms with Crippen LogP contribution in [-0.4, -0.2) is 11.5 Å². The second kappa shape index (κ2) is 3.90. The molecule has 0 N–H and O–H groups in total. The predicted molar refractivity (Wildman–Crippen MR) is 35.0 cm³/mol. The molecular formula is C6H10ClF. The number of halogens is 2. The average Bonchev–Trinajstić information content (AvgIpc) is 1.61. The van der Waals surface area contributed by atoms with E-state index in [-0.39, 0.29) is 5.38 Å². The Morgan fingerprint density at radius 2 is 1.88 bits per heavy atom. The van der Waals surface area contributed by atoms with E-state index in [1.54, 1.807) is 13.0 Å². The molecule has 8 heavy (non-hydrogen) atoms. The predicted octanol–water partition coefficient (Wildman–Crippen LogP) is 2.53. The summed E-state index contributed by atoms with van der Waals surface area (Å²) < 4.78 is 11.9. The van der Waals surface area contributed by atoms with Gasteiger partial charge >= 0.3 is 0 Å². The van der Waals surface area contributed by atoms with E-state index in [0.717, 1.165) is 0 Å². The fourth-order valence-electron chi connectivity index (χ4n) is 0.306. The van der Waals surface area contributed by atoms with Crippen molar-refractivity contribution in [2.75, 3.05) is 0 Å². The fourth-order valence-corrected chi connectivity index (χ4v) is 0.390. The second-order valence-electron chi connectivity index (χ2n) is 1.74. The van der Waals surface area contributed by atoms with Crippen LogP contribution in [0.25, 0.3) is 0 Å². The van der Waals surface area contributed by atoms with Crippen molar-refractivity contribution >= 4 is 11.6 Å². The highest BCUT2D eigenvalue weighted by atomic mass is 35.5. The SMILES string of the molecule is CC(F)/C=C\C(C)Cl. The van der Waals surface area contributed by atoms with Crippen LogP contribution in [0.15, 0.2) is 12.2 Å². The molecule has 0 spiro atoms. The molecule has 2 unspecified atom stereocenters. The van der Waals surface area contributed by atoms with E-state index >= 15 is 0 Å². The monoisotopic (exact) mass is 136 g/mol. The molecule has 0 heterocycles. The average molecular weight is 137 g/mol. The minimum absolute atomic E-state index is 0.0619. The van der Waals surface area contributed by atoms with Gasteiger partial charge in [0.2, 0.25) is 0 Å². The molecule has 2 atom stereocenters. The molecule has 2 heteroatoms. The molecule has 0 rings (SSSR count). The van der Waals surface area contributed by atoms with Gasteiger partial charge < -0.3 is 0 Å². The summed E-state index contributed by atoms with van der Waals surface area (Å²) in [6.07, 6.45) is 2.19. The summed E-state index contributed by atoms with van der Waals surface area (Å²) in [5, 5.41) is -0.0619. The summed E-state index contributed by atoms with van der Waals surface area (Å²) in [4.78, 5) is 0. The Morgan fingerprint density at radius 3 is 2.00 bits per heavy atom. The number of hydrogen-bond donors (Lipinski definition) is 0. The van der Waals surface area contributed by atoms with E-state index in [0.29, 0.717) is 0 Å². The third-order valence-corrected chi connectivity index (χ3v) is 0.787. The van der Waals surface area contributed by atoms with Gasteiger partial charge in [-0.05, 0) is 13.8 Å². The Labute approximate surface area is 54.3 Å². The lowest BCUT2D eigenvalue weighted by Crippen LogP contribution is -1.87. The zero-order valence-electron chi connectivity index (χ0n) is 5.07. The highest BCUT2D eigenvalue weighted by Crippen LogP contribution is 1.97. The first-order chi connectivity index (χ1) is 3.63. The highest BCUT2D eigenvalue weighted by molar-refractivity contribution is 6.21. The second-order valence-corrected chi connectivity index (χ2v) is 2.43. The van der Waals surface area contributed by atoms with Gasteiger partial charge in [0, 0.05) is 5.38 Å². The van der Waals surface area contributed by atoms with Gasteiger partial charge in [0.25, 0.3) is 0 Å². The molecule has 0 aromatic heterocycles. The Morgan fingerprint density at radius 1 is 1.38 bits per heavy atom. The summed E-state index contributed by atoms with van der Waals surface area (Å²) in [6.45, 7) is 3.26. The third kappa shape index (κ3) is 5.96. The molecule has 0 bridgehead atoms. The molecule has 0 aliphatic heterocycles. The van der Waals surface area contributed by atoms with Crippen LogP contribution in [-0.2, 0) is 0 Å². The maximum atomic E-state index is 11.9. The summed E-state index contributed by atoms with van der Waals surface area (Å²) >= 11 is 5.47. The lowest BCUT2D eigenvalue weighted by Gasteiger charge is -1.91. The maximum Gasteiger partial charge on any atom is 0.115 e. The minimum atomic E-state index is -0.879. The normalized spacial score (nSPS) is 19.0. The molecule has 0 aromatic rings. The number of alkyl halides is 2. The maximum absolute atomic E-state index is 11.9.